The van der Waals surface area contributed by atoms with Crippen LogP contribution in [0.25, 0.3) is 11.3 Å². The molecule has 0 aliphatic rings. The predicted octanol–water partition coefficient (Wildman–Crippen LogP) is 4.36. The molecule has 0 unspecified atom stereocenters. The minimum atomic E-state index is -0.523. The zero-order chi connectivity index (χ0) is 21.0. The highest BCUT2D eigenvalue weighted by molar-refractivity contribution is 5.92. The monoisotopic (exact) mass is 391 g/mol. The topological polar surface area (TPSA) is 118 Å². The number of furan rings is 1. The Morgan fingerprint density at radius 2 is 1.90 bits per heavy atom. The van der Waals surface area contributed by atoms with Crippen molar-refractivity contribution in [2.75, 3.05) is 11.9 Å². The molecule has 2 aromatic carbocycles. The van der Waals surface area contributed by atoms with Crippen LogP contribution in [0.15, 0.2) is 52.9 Å². The van der Waals surface area contributed by atoms with Crippen molar-refractivity contribution in [1.29, 1.82) is 5.26 Å². The van der Waals surface area contributed by atoms with Crippen molar-refractivity contribution in [1.82, 2.24) is 0 Å². The molecule has 1 amide bonds. The lowest BCUT2D eigenvalue weighted by Crippen LogP contribution is -2.20. The van der Waals surface area contributed by atoms with Gasteiger partial charge in [-0.2, -0.15) is 5.26 Å². The molecule has 0 atom stereocenters. The summed E-state index contributed by atoms with van der Waals surface area (Å²) in [5.74, 6) is 0.323. The number of nitro benzene ring substituents is 1. The van der Waals surface area contributed by atoms with E-state index in [4.69, 9.17) is 9.15 Å². The number of nitro groups is 1. The van der Waals surface area contributed by atoms with E-state index in [2.05, 4.69) is 5.32 Å². The van der Waals surface area contributed by atoms with Crippen LogP contribution in [0.3, 0.4) is 0 Å². The molecule has 0 spiro atoms. The maximum Gasteiger partial charge on any atom is 0.270 e. The van der Waals surface area contributed by atoms with Gasteiger partial charge >= 0.3 is 0 Å². The fraction of sp³-hybridized carbons (Fsp3) is 0.143. The number of anilines is 1. The van der Waals surface area contributed by atoms with Crippen LogP contribution in [-0.2, 0) is 4.79 Å². The molecule has 29 heavy (non-hydrogen) atoms. The lowest BCUT2D eigenvalue weighted by molar-refractivity contribution is -0.384. The summed E-state index contributed by atoms with van der Waals surface area (Å²) in [5, 5.41) is 22.8. The molecule has 0 bridgehead atoms. The van der Waals surface area contributed by atoms with E-state index in [1.807, 2.05) is 38.1 Å². The molecule has 0 aliphatic heterocycles. The molecule has 0 saturated carbocycles. The van der Waals surface area contributed by atoms with Crippen molar-refractivity contribution < 1.29 is 18.9 Å². The quantitative estimate of drug-likeness (QED) is 0.492. The van der Waals surface area contributed by atoms with Gasteiger partial charge in [0.05, 0.1) is 4.92 Å². The zero-order valence-corrected chi connectivity index (χ0v) is 15.8. The van der Waals surface area contributed by atoms with Crippen LogP contribution in [-0.4, -0.2) is 17.4 Å². The van der Waals surface area contributed by atoms with Crippen molar-refractivity contribution in [3.05, 3.63) is 75.3 Å². The molecule has 1 heterocycles. The molecule has 1 aromatic heterocycles. The third-order valence-electron chi connectivity index (χ3n) is 4.20. The number of rotatable bonds is 6. The zero-order valence-electron chi connectivity index (χ0n) is 15.8. The number of benzene rings is 2. The summed E-state index contributed by atoms with van der Waals surface area (Å²) < 4.78 is 11.2. The number of hydrogen-bond acceptors (Lipinski definition) is 6. The van der Waals surface area contributed by atoms with Gasteiger partial charge in [-0.3, -0.25) is 20.2 Å². The number of para-hydroxylation sites is 1. The van der Waals surface area contributed by atoms with Gasteiger partial charge in [0.15, 0.2) is 6.61 Å². The van der Waals surface area contributed by atoms with Crippen molar-refractivity contribution in [3.8, 4) is 23.1 Å². The first kappa shape index (κ1) is 19.6. The summed E-state index contributed by atoms with van der Waals surface area (Å²) in [6, 6.07) is 14.8. The summed E-state index contributed by atoms with van der Waals surface area (Å²) in [4.78, 5) is 22.7. The number of aryl methyl sites for hydroxylation is 2. The minimum Gasteiger partial charge on any atom is -0.483 e. The first-order valence-corrected chi connectivity index (χ1v) is 8.66. The molecule has 0 fully saturated rings. The van der Waals surface area contributed by atoms with Gasteiger partial charge in [-0.1, -0.05) is 30.3 Å². The third kappa shape index (κ3) is 4.42. The van der Waals surface area contributed by atoms with Crippen LogP contribution in [0.4, 0.5) is 11.6 Å². The first-order chi connectivity index (χ1) is 13.9. The Balaban J connectivity index is 1.76. The van der Waals surface area contributed by atoms with E-state index >= 15 is 0 Å². The van der Waals surface area contributed by atoms with Gasteiger partial charge < -0.3 is 9.15 Å². The van der Waals surface area contributed by atoms with Crippen molar-refractivity contribution in [3.63, 3.8) is 0 Å². The molecule has 0 radical (unpaired) electrons. The number of hydrogen-bond donors (Lipinski definition) is 1. The molecule has 146 valence electrons. The molecule has 8 heteroatoms. The number of non-ortho nitro benzene ring substituents is 1. The highest BCUT2D eigenvalue weighted by atomic mass is 16.6. The fourth-order valence-electron chi connectivity index (χ4n) is 2.81. The highest BCUT2D eigenvalue weighted by Crippen LogP contribution is 2.31. The lowest BCUT2D eigenvalue weighted by atomic mass is 10.1. The van der Waals surface area contributed by atoms with Gasteiger partial charge in [0.25, 0.3) is 11.6 Å². The molecule has 3 aromatic rings. The van der Waals surface area contributed by atoms with Gasteiger partial charge in [-0.15, -0.1) is 0 Å². The second-order valence-corrected chi connectivity index (χ2v) is 6.33. The average molecular weight is 391 g/mol. The number of nitriles is 1. The molecule has 8 nitrogen and oxygen atoms in total. The molecular weight excluding hydrogens is 374 g/mol. The second kappa shape index (κ2) is 8.27. The fourth-order valence-corrected chi connectivity index (χ4v) is 2.81. The lowest BCUT2D eigenvalue weighted by Gasteiger charge is -2.11. The number of amides is 1. The maximum absolute atomic E-state index is 12.3. The van der Waals surface area contributed by atoms with E-state index in [0.717, 1.165) is 11.1 Å². The molecule has 0 aliphatic carbocycles. The van der Waals surface area contributed by atoms with Crippen molar-refractivity contribution in [2.24, 2.45) is 0 Å². The number of carbonyl (C=O) groups is 1. The molecule has 1 N–H and O–H groups in total. The average Bonchev–Trinajstić information content (AvgIpc) is 3.10. The van der Waals surface area contributed by atoms with E-state index < -0.39 is 10.8 Å². The minimum absolute atomic E-state index is 0.0379. The van der Waals surface area contributed by atoms with Gasteiger partial charge in [-0.05, 0) is 25.0 Å². The normalized spacial score (nSPS) is 10.2. The van der Waals surface area contributed by atoms with Crippen LogP contribution in [0.5, 0.6) is 5.75 Å². The van der Waals surface area contributed by atoms with Crippen LogP contribution >= 0.6 is 0 Å². The van der Waals surface area contributed by atoms with E-state index in [9.17, 15) is 20.2 Å². The van der Waals surface area contributed by atoms with Gasteiger partial charge in [0.1, 0.15) is 23.1 Å². The number of ether oxygens (including phenoxy) is 1. The smallest absolute Gasteiger partial charge is 0.270 e. The molecule has 3 rings (SSSR count). The Bertz CT molecular complexity index is 1110. The Morgan fingerprint density at radius 3 is 2.55 bits per heavy atom. The summed E-state index contributed by atoms with van der Waals surface area (Å²) in [6.07, 6.45) is 0. The summed E-state index contributed by atoms with van der Waals surface area (Å²) in [7, 11) is 0. The highest BCUT2D eigenvalue weighted by Gasteiger charge is 2.17. The Labute approximate surface area is 166 Å². The maximum atomic E-state index is 12.3. The van der Waals surface area contributed by atoms with Crippen LogP contribution < -0.4 is 10.1 Å². The largest absolute Gasteiger partial charge is 0.483 e. The van der Waals surface area contributed by atoms with E-state index in [-0.39, 0.29) is 29.5 Å². The van der Waals surface area contributed by atoms with E-state index in [1.54, 1.807) is 6.07 Å². The van der Waals surface area contributed by atoms with Crippen molar-refractivity contribution >= 4 is 17.5 Å². The van der Waals surface area contributed by atoms with Gasteiger partial charge in [0.2, 0.25) is 5.88 Å². The van der Waals surface area contributed by atoms with Gasteiger partial charge in [-0.25, -0.2) is 0 Å². The van der Waals surface area contributed by atoms with E-state index in [1.165, 1.54) is 24.3 Å². The SMILES string of the molecule is Cc1cccc(C)c1OCC(=O)Nc1oc(-c2cccc([N+](=O)[O-])c2)cc1C#N. The third-order valence-corrected chi connectivity index (χ3v) is 4.20. The van der Waals surface area contributed by atoms with Gasteiger partial charge in [0, 0.05) is 23.8 Å². The number of nitrogens with one attached hydrogen (secondary N) is 1. The molecule has 0 saturated heterocycles. The summed E-state index contributed by atoms with van der Waals surface area (Å²) in [6.45, 7) is 3.50. The number of carbonyl (C=O) groups excluding carboxylic acids is 1. The standard InChI is InChI=1S/C21H17N3O5/c1-13-5-3-6-14(2)20(13)28-12-19(25)23-21-16(11-22)10-18(29-21)15-7-4-8-17(9-15)24(26)27/h3-10H,12H2,1-2H3,(H,23,25). The second-order valence-electron chi connectivity index (χ2n) is 6.33. The Hall–Kier alpha value is -4.12. The van der Waals surface area contributed by atoms with Crippen LogP contribution in [0.1, 0.15) is 16.7 Å². The summed E-state index contributed by atoms with van der Waals surface area (Å²) in [5.41, 5.74) is 2.22. The van der Waals surface area contributed by atoms with Crippen LogP contribution in [0.2, 0.25) is 0 Å². The van der Waals surface area contributed by atoms with E-state index in [0.29, 0.717) is 11.3 Å². The van der Waals surface area contributed by atoms with Crippen LogP contribution in [0, 0.1) is 35.3 Å². The Morgan fingerprint density at radius 1 is 1.21 bits per heavy atom. The summed E-state index contributed by atoms with van der Waals surface area (Å²) >= 11 is 0. The van der Waals surface area contributed by atoms with Crippen molar-refractivity contribution in [2.45, 2.75) is 13.8 Å². The predicted molar refractivity (Wildman–Crippen MR) is 106 cm³/mol. The molecular formula is C21H17N3O5. The Kier molecular flexibility index (Phi) is 5.60. The number of nitrogens with zero attached hydrogens (tertiary/aromatic N) is 2. The first-order valence-electron chi connectivity index (χ1n) is 8.66.